The first-order valence-corrected chi connectivity index (χ1v) is 7.82. The molecule has 0 atom stereocenters. The van der Waals surface area contributed by atoms with Crippen molar-refractivity contribution in [2.45, 2.75) is 25.4 Å². The Labute approximate surface area is 131 Å². The summed E-state index contributed by atoms with van der Waals surface area (Å²) in [6, 6.07) is 8.52. The van der Waals surface area contributed by atoms with Crippen LogP contribution in [0.3, 0.4) is 0 Å². The van der Waals surface area contributed by atoms with Gasteiger partial charge in [0, 0.05) is 17.0 Å². The van der Waals surface area contributed by atoms with Gasteiger partial charge in [0.05, 0.1) is 5.56 Å². The number of rotatable bonds is 6. The average Bonchev–Trinajstić information content (AvgIpc) is 2.99. The monoisotopic (exact) mass is 327 g/mol. The molecule has 0 saturated heterocycles. The van der Waals surface area contributed by atoms with Crippen LogP contribution in [0, 0.1) is 0 Å². The Kier molecular flexibility index (Phi) is 5.60. The number of carbonyl (C=O) groups excluding carboxylic acids is 1. The van der Waals surface area contributed by atoms with Crippen molar-refractivity contribution in [2.24, 2.45) is 0 Å². The van der Waals surface area contributed by atoms with E-state index in [1.54, 1.807) is 11.3 Å². The second-order valence-electron chi connectivity index (χ2n) is 4.87. The summed E-state index contributed by atoms with van der Waals surface area (Å²) >= 11 is 1.69. The molecule has 6 heteroatoms. The van der Waals surface area contributed by atoms with Gasteiger partial charge in [-0.25, -0.2) is 0 Å². The smallest absolute Gasteiger partial charge is 0.352 e. The highest BCUT2D eigenvalue weighted by Gasteiger charge is 2.30. The van der Waals surface area contributed by atoms with Gasteiger partial charge in [0.1, 0.15) is 0 Å². The summed E-state index contributed by atoms with van der Waals surface area (Å²) in [5.41, 5.74) is -0.772. The van der Waals surface area contributed by atoms with Gasteiger partial charge >= 0.3 is 6.18 Å². The Morgan fingerprint density at radius 3 is 2.64 bits per heavy atom. The number of thiophene rings is 1. The zero-order valence-corrected chi connectivity index (χ0v) is 12.6. The molecule has 2 rings (SSSR count). The van der Waals surface area contributed by atoms with Crippen molar-refractivity contribution in [3.8, 4) is 0 Å². The zero-order chi connectivity index (χ0) is 16.0. The predicted molar refractivity (Wildman–Crippen MR) is 81.0 cm³/mol. The van der Waals surface area contributed by atoms with E-state index in [0.717, 1.165) is 31.4 Å². The fraction of sp³-hybridized carbons (Fsp3) is 0.312. The largest absolute Gasteiger partial charge is 0.416 e. The van der Waals surface area contributed by atoms with Gasteiger partial charge in [0.25, 0.3) is 5.91 Å². The van der Waals surface area contributed by atoms with Crippen LogP contribution in [-0.2, 0) is 12.6 Å². The maximum absolute atomic E-state index is 12.6. The van der Waals surface area contributed by atoms with Gasteiger partial charge in [-0.2, -0.15) is 13.2 Å². The maximum Gasteiger partial charge on any atom is 0.416 e. The number of hydrogen-bond acceptors (Lipinski definition) is 2. The summed E-state index contributed by atoms with van der Waals surface area (Å²) in [5, 5.41) is 4.67. The number of aryl methyl sites for hydroxylation is 1. The highest BCUT2D eigenvalue weighted by atomic mass is 32.1. The number of hydrogen-bond donors (Lipinski definition) is 1. The molecule has 0 aliphatic rings. The van der Waals surface area contributed by atoms with E-state index in [1.807, 2.05) is 11.4 Å². The van der Waals surface area contributed by atoms with E-state index < -0.39 is 17.6 Å². The summed E-state index contributed by atoms with van der Waals surface area (Å²) in [4.78, 5) is 13.1. The molecule has 2 aromatic rings. The molecule has 2 nitrogen and oxygen atoms in total. The predicted octanol–water partition coefficient (Wildman–Crippen LogP) is 4.52. The highest BCUT2D eigenvalue weighted by molar-refractivity contribution is 7.09. The number of unbranched alkanes of at least 4 members (excludes halogenated alkanes) is 1. The fourth-order valence-corrected chi connectivity index (χ4v) is 2.77. The average molecular weight is 327 g/mol. The van der Waals surface area contributed by atoms with E-state index in [0.29, 0.717) is 6.54 Å². The first-order chi connectivity index (χ1) is 10.5. The lowest BCUT2D eigenvalue weighted by molar-refractivity contribution is -0.137. The van der Waals surface area contributed by atoms with Gasteiger partial charge in [0.15, 0.2) is 0 Å². The molecule has 0 radical (unpaired) electrons. The third-order valence-corrected chi connectivity index (χ3v) is 4.10. The second kappa shape index (κ2) is 7.45. The van der Waals surface area contributed by atoms with E-state index in [-0.39, 0.29) is 5.56 Å². The molecule has 0 spiro atoms. The van der Waals surface area contributed by atoms with E-state index in [9.17, 15) is 18.0 Å². The quantitative estimate of drug-likeness (QED) is 0.777. The minimum Gasteiger partial charge on any atom is -0.352 e. The number of amides is 1. The molecule has 0 aliphatic heterocycles. The van der Waals surface area contributed by atoms with Crippen LogP contribution in [0.2, 0.25) is 0 Å². The summed E-state index contributed by atoms with van der Waals surface area (Å²) in [6.45, 7) is 0.459. The third-order valence-electron chi connectivity index (χ3n) is 3.17. The molecule has 0 aliphatic carbocycles. The Bertz CT molecular complexity index is 608. The van der Waals surface area contributed by atoms with E-state index in [1.165, 1.54) is 17.0 Å². The van der Waals surface area contributed by atoms with Crippen LogP contribution in [-0.4, -0.2) is 12.5 Å². The van der Waals surface area contributed by atoms with Crippen LogP contribution in [0.15, 0.2) is 41.8 Å². The van der Waals surface area contributed by atoms with Crippen molar-refractivity contribution < 1.29 is 18.0 Å². The van der Waals surface area contributed by atoms with E-state index in [2.05, 4.69) is 11.4 Å². The molecule has 1 aromatic carbocycles. The highest BCUT2D eigenvalue weighted by Crippen LogP contribution is 2.29. The lowest BCUT2D eigenvalue weighted by Gasteiger charge is -2.09. The molecule has 1 amide bonds. The van der Waals surface area contributed by atoms with Gasteiger partial charge in [-0.1, -0.05) is 12.1 Å². The molecular formula is C16H16F3NOS. The van der Waals surface area contributed by atoms with Crippen LogP contribution in [0.25, 0.3) is 0 Å². The maximum atomic E-state index is 12.6. The van der Waals surface area contributed by atoms with Crippen molar-refractivity contribution in [1.29, 1.82) is 0 Å². The summed E-state index contributed by atoms with van der Waals surface area (Å²) in [6.07, 6.45) is -1.75. The van der Waals surface area contributed by atoms with Crippen molar-refractivity contribution in [2.75, 3.05) is 6.54 Å². The second-order valence-corrected chi connectivity index (χ2v) is 5.90. The molecule has 1 N–H and O–H groups in total. The topological polar surface area (TPSA) is 29.1 Å². The van der Waals surface area contributed by atoms with Crippen LogP contribution >= 0.6 is 11.3 Å². The Morgan fingerprint density at radius 1 is 1.14 bits per heavy atom. The third kappa shape index (κ3) is 4.87. The first-order valence-electron chi connectivity index (χ1n) is 6.94. The van der Waals surface area contributed by atoms with E-state index >= 15 is 0 Å². The lowest BCUT2D eigenvalue weighted by atomic mass is 10.1. The van der Waals surface area contributed by atoms with Crippen molar-refractivity contribution in [1.82, 2.24) is 5.32 Å². The minimum atomic E-state index is -4.43. The summed E-state index contributed by atoms with van der Waals surface area (Å²) < 4.78 is 37.8. The Balaban J connectivity index is 1.77. The molecule has 0 unspecified atom stereocenters. The summed E-state index contributed by atoms with van der Waals surface area (Å²) in [7, 11) is 0. The van der Waals surface area contributed by atoms with Crippen LogP contribution in [0.5, 0.6) is 0 Å². The fourth-order valence-electron chi connectivity index (χ4n) is 2.02. The molecule has 1 aromatic heterocycles. The van der Waals surface area contributed by atoms with Crippen molar-refractivity contribution in [3.63, 3.8) is 0 Å². The molecule has 22 heavy (non-hydrogen) atoms. The number of benzene rings is 1. The SMILES string of the molecule is O=C(NCCCCc1cccs1)c1cccc(C(F)(F)F)c1. The standard InChI is InChI=1S/C16H16F3NOS/c17-16(18,19)13-6-3-5-12(11-13)15(21)20-9-2-1-7-14-8-4-10-22-14/h3-6,8,10-11H,1-2,7,9H2,(H,20,21). The van der Waals surface area contributed by atoms with Gasteiger partial charge in [0.2, 0.25) is 0 Å². The molecule has 1 heterocycles. The Morgan fingerprint density at radius 2 is 1.95 bits per heavy atom. The minimum absolute atomic E-state index is 0.0353. The lowest BCUT2D eigenvalue weighted by Crippen LogP contribution is -2.24. The van der Waals surface area contributed by atoms with Gasteiger partial charge < -0.3 is 5.32 Å². The van der Waals surface area contributed by atoms with Gasteiger partial charge in [-0.15, -0.1) is 11.3 Å². The molecule has 0 saturated carbocycles. The molecule has 0 fully saturated rings. The molecular weight excluding hydrogens is 311 g/mol. The normalized spacial score (nSPS) is 11.4. The molecule has 118 valence electrons. The van der Waals surface area contributed by atoms with Gasteiger partial charge in [-0.05, 0) is 48.9 Å². The van der Waals surface area contributed by atoms with E-state index in [4.69, 9.17) is 0 Å². The number of nitrogens with one attached hydrogen (secondary N) is 1. The van der Waals surface area contributed by atoms with Crippen LogP contribution < -0.4 is 5.32 Å². The van der Waals surface area contributed by atoms with Crippen molar-refractivity contribution in [3.05, 3.63) is 57.8 Å². The number of carbonyl (C=O) groups is 1. The first kappa shape index (κ1) is 16.5. The zero-order valence-electron chi connectivity index (χ0n) is 11.8. The van der Waals surface area contributed by atoms with Gasteiger partial charge in [-0.3, -0.25) is 4.79 Å². The number of alkyl halides is 3. The van der Waals surface area contributed by atoms with Crippen LogP contribution in [0.4, 0.5) is 13.2 Å². The Hall–Kier alpha value is -1.82. The van der Waals surface area contributed by atoms with Crippen molar-refractivity contribution >= 4 is 17.2 Å². The van der Waals surface area contributed by atoms with Crippen LogP contribution in [0.1, 0.15) is 33.6 Å². The summed E-state index contributed by atoms with van der Waals surface area (Å²) in [5.74, 6) is -0.470. The molecule has 0 bridgehead atoms. The number of halogens is 3.